The van der Waals surface area contributed by atoms with Gasteiger partial charge in [0.1, 0.15) is 5.69 Å². The Balaban J connectivity index is 1.33. The summed E-state index contributed by atoms with van der Waals surface area (Å²) < 4.78 is 26.4. The van der Waals surface area contributed by atoms with E-state index >= 15 is 0 Å². The number of carbonyl (C=O) groups is 1. The van der Waals surface area contributed by atoms with Crippen LogP contribution in [0, 0.1) is 11.3 Å². The Morgan fingerprint density at radius 1 is 1.08 bits per heavy atom. The molecule has 1 aromatic heterocycles. The summed E-state index contributed by atoms with van der Waals surface area (Å²) in [5.41, 5.74) is 3.68. The smallest absolute Gasteiger partial charge is 0.276 e. The molecule has 7 nitrogen and oxygen atoms in total. The third-order valence-corrected chi connectivity index (χ3v) is 9.84. The number of carbonyl (C=O) groups excluding carboxylic acids is 1. The third kappa shape index (κ3) is 4.32. The van der Waals surface area contributed by atoms with Crippen LogP contribution in [0.3, 0.4) is 0 Å². The number of aromatic nitrogens is 1. The quantitative estimate of drug-likeness (QED) is 0.595. The van der Waals surface area contributed by atoms with Crippen LogP contribution in [0.1, 0.15) is 92.1 Å². The van der Waals surface area contributed by atoms with Crippen LogP contribution in [0.2, 0.25) is 0 Å². The van der Waals surface area contributed by atoms with Gasteiger partial charge in [0.05, 0.1) is 18.1 Å². The molecule has 2 aromatic rings. The number of pyridine rings is 1. The van der Waals surface area contributed by atoms with Crippen LogP contribution in [0.5, 0.6) is 0 Å². The monoisotopic (exact) mass is 509 g/mol. The van der Waals surface area contributed by atoms with Crippen molar-refractivity contribution in [2.75, 3.05) is 22.4 Å². The first kappa shape index (κ1) is 23.9. The highest BCUT2D eigenvalue weighted by Gasteiger charge is 2.53. The zero-order valence-electron chi connectivity index (χ0n) is 20.9. The van der Waals surface area contributed by atoms with E-state index in [-0.39, 0.29) is 17.2 Å². The minimum absolute atomic E-state index is 0.163. The average molecular weight is 510 g/mol. The summed E-state index contributed by atoms with van der Waals surface area (Å²) >= 11 is 0. The number of sulfonamides is 1. The van der Waals surface area contributed by atoms with Crippen LogP contribution in [-0.2, 0) is 15.4 Å². The van der Waals surface area contributed by atoms with Crippen molar-refractivity contribution in [3.05, 3.63) is 53.3 Å². The number of hydrogen-bond donors (Lipinski definition) is 2. The lowest BCUT2D eigenvalue weighted by molar-refractivity contribution is 0.0966. The van der Waals surface area contributed by atoms with Gasteiger partial charge in [0.2, 0.25) is 10.0 Å². The average Bonchev–Trinajstić information content (AvgIpc) is 3.27. The number of hydrogen-bond acceptors (Lipinski definition) is 5. The second-order valence-corrected chi connectivity index (χ2v) is 13.5. The zero-order chi connectivity index (χ0) is 25.1. The molecule has 4 aliphatic rings. The van der Waals surface area contributed by atoms with E-state index in [9.17, 15) is 18.3 Å². The molecule has 6 rings (SSSR count). The van der Waals surface area contributed by atoms with Gasteiger partial charge in [0, 0.05) is 23.3 Å². The van der Waals surface area contributed by atoms with E-state index in [1.807, 2.05) is 29.2 Å². The molecule has 2 spiro atoms. The van der Waals surface area contributed by atoms with E-state index in [0.717, 1.165) is 68.9 Å². The highest BCUT2D eigenvalue weighted by atomic mass is 32.2. The van der Waals surface area contributed by atoms with E-state index < -0.39 is 16.1 Å². The molecule has 36 heavy (non-hydrogen) atoms. The first-order valence-corrected chi connectivity index (χ1v) is 15.2. The van der Waals surface area contributed by atoms with Crippen LogP contribution < -0.4 is 9.62 Å². The first-order valence-electron chi connectivity index (χ1n) is 13.3. The highest BCUT2D eigenvalue weighted by Crippen LogP contribution is 2.62. The van der Waals surface area contributed by atoms with Gasteiger partial charge in [-0.15, -0.1) is 0 Å². The summed E-state index contributed by atoms with van der Waals surface area (Å²) in [6.07, 6.45) is 11.7. The zero-order valence-corrected chi connectivity index (χ0v) is 21.7. The van der Waals surface area contributed by atoms with Crippen molar-refractivity contribution in [2.45, 2.75) is 75.7 Å². The Morgan fingerprint density at radius 3 is 2.44 bits per heavy atom. The number of amides is 1. The second kappa shape index (κ2) is 8.55. The Labute approximate surface area is 213 Å². The van der Waals surface area contributed by atoms with Crippen LogP contribution in [-0.4, -0.2) is 37.2 Å². The SMILES string of the molecule is CS(=O)(=O)Nc1ccc2c(c1)C1(CCC3(CC3)CC1)CN2C(=O)c1cccc([C@@H](O)C2CCCC2)n1. The molecule has 3 fully saturated rings. The van der Waals surface area contributed by atoms with E-state index in [2.05, 4.69) is 9.71 Å². The molecule has 3 saturated carbocycles. The summed E-state index contributed by atoms with van der Waals surface area (Å²) in [4.78, 5) is 20.3. The number of rotatable bonds is 5. The van der Waals surface area contributed by atoms with Crippen LogP contribution >= 0.6 is 0 Å². The maximum atomic E-state index is 13.9. The van der Waals surface area contributed by atoms with Gasteiger partial charge in [0.25, 0.3) is 5.91 Å². The van der Waals surface area contributed by atoms with Gasteiger partial charge in [0.15, 0.2) is 0 Å². The lowest BCUT2D eigenvalue weighted by Gasteiger charge is -2.38. The van der Waals surface area contributed by atoms with Crippen molar-refractivity contribution in [2.24, 2.45) is 11.3 Å². The van der Waals surface area contributed by atoms with Crippen molar-refractivity contribution in [1.82, 2.24) is 4.98 Å². The fourth-order valence-electron chi connectivity index (χ4n) is 6.88. The molecule has 8 heteroatoms. The number of aliphatic hydroxyl groups excluding tert-OH is 1. The largest absolute Gasteiger partial charge is 0.387 e. The van der Waals surface area contributed by atoms with Crippen molar-refractivity contribution in [1.29, 1.82) is 0 Å². The molecule has 1 amide bonds. The standard InChI is InChI=1S/C28H35N3O4S/c1-36(34,35)30-20-9-10-24-21(17-20)28(15-13-27(11-12-27)14-16-28)18-31(24)26(33)23-8-4-7-22(29-23)25(32)19-5-2-3-6-19/h4,7-10,17,19,25,30,32H,2-3,5-6,11-16,18H2,1H3/t25-/m0/s1. The van der Waals surface area contributed by atoms with Gasteiger partial charge < -0.3 is 10.0 Å². The number of nitrogens with one attached hydrogen (secondary N) is 1. The topological polar surface area (TPSA) is 99.6 Å². The summed E-state index contributed by atoms with van der Waals surface area (Å²) in [6, 6.07) is 10.9. The van der Waals surface area contributed by atoms with Gasteiger partial charge in [-0.2, -0.15) is 0 Å². The number of nitrogens with zero attached hydrogens (tertiary/aromatic N) is 2. The van der Waals surface area contributed by atoms with Gasteiger partial charge in [-0.1, -0.05) is 18.9 Å². The molecule has 1 aliphatic heterocycles. The minimum atomic E-state index is -3.40. The lowest BCUT2D eigenvalue weighted by atomic mass is 9.66. The highest BCUT2D eigenvalue weighted by molar-refractivity contribution is 7.92. The van der Waals surface area contributed by atoms with Crippen molar-refractivity contribution < 1.29 is 18.3 Å². The van der Waals surface area contributed by atoms with E-state index in [1.54, 1.807) is 12.1 Å². The normalized spacial score (nSPS) is 23.1. The van der Waals surface area contributed by atoms with E-state index in [4.69, 9.17) is 0 Å². The molecule has 2 N–H and O–H groups in total. The molecule has 0 saturated heterocycles. The predicted molar refractivity (Wildman–Crippen MR) is 140 cm³/mol. The third-order valence-electron chi connectivity index (χ3n) is 9.23. The Hall–Kier alpha value is -2.45. The molecule has 192 valence electrons. The van der Waals surface area contributed by atoms with Crippen molar-refractivity contribution in [3.63, 3.8) is 0 Å². The number of benzene rings is 1. The summed E-state index contributed by atoms with van der Waals surface area (Å²) in [5, 5.41) is 10.9. The molecule has 0 bridgehead atoms. The maximum Gasteiger partial charge on any atom is 0.276 e. The Kier molecular flexibility index (Phi) is 5.68. The molecule has 2 heterocycles. The molecular weight excluding hydrogens is 474 g/mol. The van der Waals surface area contributed by atoms with Gasteiger partial charge in [-0.3, -0.25) is 9.52 Å². The van der Waals surface area contributed by atoms with Crippen LogP contribution in [0.15, 0.2) is 36.4 Å². The maximum absolute atomic E-state index is 13.9. The number of aliphatic hydroxyl groups is 1. The van der Waals surface area contributed by atoms with E-state index in [0.29, 0.717) is 29.0 Å². The summed E-state index contributed by atoms with van der Waals surface area (Å²) in [7, 11) is -3.40. The predicted octanol–water partition coefficient (Wildman–Crippen LogP) is 4.93. The van der Waals surface area contributed by atoms with Gasteiger partial charge in [-0.25, -0.2) is 13.4 Å². The summed E-state index contributed by atoms with van der Waals surface area (Å²) in [5.74, 6) is 0.0421. The lowest BCUT2D eigenvalue weighted by Crippen LogP contribution is -2.40. The van der Waals surface area contributed by atoms with Gasteiger partial charge in [-0.05, 0) is 98.6 Å². The van der Waals surface area contributed by atoms with Crippen molar-refractivity contribution >= 4 is 27.3 Å². The Bertz CT molecular complexity index is 1290. The molecular formula is C28H35N3O4S. The molecule has 3 aliphatic carbocycles. The van der Waals surface area contributed by atoms with Crippen molar-refractivity contribution in [3.8, 4) is 0 Å². The second-order valence-electron chi connectivity index (χ2n) is 11.7. The fourth-order valence-corrected chi connectivity index (χ4v) is 7.43. The number of anilines is 2. The van der Waals surface area contributed by atoms with E-state index in [1.165, 1.54) is 12.8 Å². The first-order chi connectivity index (χ1) is 17.2. The number of fused-ring (bicyclic) bond motifs is 2. The fraction of sp³-hybridized carbons (Fsp3) is 0.571. The minimum Gasteiger partial charge on any atom is -0.387 e. The molecule has 0 radical (unpaired) electrons. The Morgan fingerprint density at radius 2 is 1.78 bits per heavy atom. The molecule has 1 atom stereocenters. The van der Waals surface area contributed by atoms with Gasteiger partial charge >= 0.3 is 0 Å². The van der Waals surface area contributed by atoms with Crippen LogP contribution in [0.25, 0.3) is 0 Å². The molecule has 0 unspecified atom stereocenters. The molecule has 1 aromatic carbocycles. The van der Waals surface area contributed by atoms with Crippen LogP contribution in [0.4, 0.5) is 11.4 Å². The summed E-state index contributed by atoms with van der Waals surface area (Å²) in [6.45, 7) is 0.580.